The molecule has 2 aromatic rings. The fourth-order valence-electron chi connectivity index (χ4n) is 4.05. The molecule has 0 bridgehead atoms. The Bertz CT molecular complexity index is 966. The second-order valence-electron chi connectivity index (χ2n) is 8.15. The van der Waals surface area contributed by atoms with Gasteiger partial charge in [-0.1, -0.05) is 23.7 Å². The van der Waals surface area contributed by atoms with E-state index in [0.717, 1.165) is 0 Å². The van der Waals surface area contributed by atoms with E-state index < -0.39 is 5.82 Å². The number of benzene rings is 2. The van der Waals surface area contributed by atoms with Crippen molar-refractivity contribution in [3.63, 3.8) is 0 Å². The van der Waals surface area contributed by atoms with Crippen LogP contribution in [-0.4, -0.2) is 91.6 Å². The molecule has 0 radical (unpaired) electrons. The van der Waals surface area contributed by atoms with Gasteiger partial charge in [0.25, 0.3) is 11.8 Å². The molecule has 0 aliphatic carbocycles. The van der Waals surface area contributed by atoms with E-state index in [-0.39, 0.29) is 30.1 Å². The molecule has 2 aromatic carbocycles. The molecule has 1 atom stereocenters. The van der Waals surface area contributed by atoms with E-state index in [1.807, 2.05) is 0 Å². The van der Waals surface area contributed by atoms with Crippen LogP contribution in [0.1, 0.15) is 10.4 Å². The summed E-state index contributed by atoms with van der Waals surface area (Å²) in [7, 11) is 0. The molecule has 2 amide bonds. The number of halogens is 2. The Morgan fingerprint density at radius 2 is 1.73 bits per heavy atom. The quantitative estimate of drug-likeness (QED) is 0.642. The number of piperazine rings is 1. The summed E-state index contributed by atoms with van der Waals surface area (Å²) in [5, 5.41) is 0.613. The standard InChI is InChI=1S/C24H27ClFN3O4/c25-18-5-7-19(8-6-18)33-17-23(30)29-13-14-32-20(16-29)15-27-9-11-28(12-10-27)24(31)21-3-1-2-4-22(21)26/h1-8,20H,9-17H2/t20-/m1/s1. The maximum atomic E-state index is 13.9. The van der Waals surface area contributed by atoms with Gasteiger partial charge < -0.3 is 19.3 Å². The summed E-state index contributed by atoms with van der Waals surface area (Å²) in [6.07, 6.45) is -0.105. The van der Waals surface area contributed by atoms with E-state index in [2.05, 4.69) is 4.90 Å². The average Bonchev–Trinajstić information content (AvgIpc) is 2.84. The fraction of sp³-hybridized carbons (Fsp3) is 0.417. The molecule has 0 N–H and O–H groups in total. The van der Waals surface area contributed by atoms with Gasteiger partial charge >= 0.3 is 0 Å². The van der Waals surface area contributed by atoms with Crippen LogP contribution in [0.4, 0.5) is 4.39 Å². The third-order valence-electron chi connectivity index (χ3n) is 5.89. The van der Waals surface area contributed by atoms with Gasteiger partial charge in [0.1, 0.15) is 11.6 Å². The molecule has 2 heterocycles. The molecule has 176 valence electrons. The van der Waals surface area contributed by atoms with Crippen LogP contribution in [0.25, 0.3) is 0 Å². The third kappa shape index (κ3) is 6.22. The summed E-state index contributed by atoms with van der Waals surface area (Å²) >= 11 is 5.87. The number of hydrogen-bond acceptors (Lipinski definition) is 5. The van der Waals surface area contributed by atoms with E-state index in [1.165, 1.54) is 12.1 Å². The topological polar surface area (TPSA) is 62.3 Å². The SMILES string of the molecule is O=C(COc1ccc(Cl)cc1)N1CCO[C@H](CN2CCN(C(=O)c3ccccc3F)CC2)C1. The average molecular weight is 476 g/mol. The first kappa shape index (κ1) is 23.5. The molecular weight excluding hydrogens is 449 g/mol. The Kier molecular flexibility index (Phi) is 7.80. The molecule has 2 fully saturated rings. The number of amides is 2. The first-order chi connectivity index (χ1) is 16.0. The lowest BCUT2D eigenvalue weighted by molar-refractivity contribution is -0.141. The molecule has 0 aromatic heterocycles. The number of rotatable bonds is 6. The number of carbonyl (C=O) groups excluding carboxylic acids is 2. The number of carbonyl (C=O) groups is 2. The summed E-state index contributed by atoms with van der Waals surface area (Å²) in [6.45, 7) is 4.54. The van der Waals surface area contributed by atoms with E-state index in [9.17, 15) is 14.0 Å². The largest absolute Gasteiger partial charge is 0.484 e. The van der Waals surface area contributed by atoms with Crippen molar-refractivity contribution in [1.82, 2.24) is 14.7 Å². The molecule has 9 heteroatoms. The first-order valence-corrected chi connectivity index (χ1v) is 11.4. The number of nitrogens with zero attached hydrogens (tertiary/aromatic N) is 3. The van der Waals surface area contributed by atoms with Crippen LogP contribution < -0.4 is 4.74 Å². The molecule has 2 aliphatic heterocycles. The summed E-state index contributed by atoms with van der Waals surface area (Å²) < 4.78 is 25.4. The molecule has 7 nitrogen and oxygen atoms in total. The second-order valence-corrected chi connectivity index (χ2v) is 8.58. The molecule has 0 unspecified atom stereocenters. The molecule has 2 saturated heterocycles. The Hall–Kier alpha value is -2.68. The van der Waals surface area contributed by atoms with Crippen LogP contribution in [0, 0.1) is 5.82 Å². The van der Waals surface area contributed by atoms with Crippen LogP contribution in [-0.2, 0) is 9.53 Å². The molecule has 0 spiro atoms. The maximum Gasteiger partial charge on any atom is 0.260 e. The van der Waals surface area contributed by atoms with Gasteiger partial charge in [-0.2, -0.15) is 0 Å². The lowest BCUT2D eigenvalue weighted by Crippen LogP contribution is -2.54. The van der Waals surface area contributed by atoms with Crippen LogP contribution >= 0.6 is 11.6 Å². The third-order valence-corrected chi connectivity index (χ3v) is 6.15. The van der Waals surface area contributed by atoms with Crippen LogP contribution in [0.5, 0.6) is 5.75 Å². The van der Waals surface area contributed by atoms with E-state index >= 15 is 0 Å². The fourth-order valence-corrected chi connectivity index (χ4v) is 4.18. The van der Waals surface area contributed by atoms with Crippen molar-refractivity contribution in [2.24, 2.45) is 0 Å². The highest BCUT2D eigenvalue weighted by Crippen LogP contribution is 2.17. The van der Waals surface area contributed by atoms with E-state index in [1.54, 1.807) is 46.2 Å². The van der Waals surface area contributed by atoms with Crippen molar-refractivity contribution in [2.75, 3.05) is 59.0 Å². The van der Waals surface area contributed by atoms with Crippen molar-refractivity contribution in [2.45, 2.75) is 6.10 Å². The maximum absolute atomic E-state index is 13.9. The van der Waals surface area contributed by atoms with Crippen molar-refractivity contribution in [3.05, 3.63) is 64.9 Å². The number of morpholine rings is 1. The molecule has 2 aliphatic rings. The minimum atomic E-state index is -0.495. The summed E-state index contributed by atoms with van der Waals surface area (Å²) in [5.41, 5.74) is 0.108. The molecule has 33 heavy (non-hydrogen) atoms. The van der Waals surface area contributed by atoms with Gasteiger partial charge in [0, 0.05) is 50.8 Å². The van der Waals surface area contributed by atoms with Crippen LogP contribution in [0.15, 0.2) is 48.5 Å². The lowest BCUT2D eigenvalue weighted by atomic mass is 10.1. The minimum absolute atomic E-state index is 0.0365. The lowest BCUT2D eigenvalue weighted by Gasteiger charge is -2.39. The smallest absolute Gasteiger partial charge is 0.260 e. The predicted molar refractivity (Wildman–Crippen MR) is 122 cm³/mol. The van der Waals surface area contributed by atoms with Crippen LogP contribution in [0.3, 0.4) is 0 Å². The highest BCUT2D eigenvalue weighted by Gasteiger charge is 2.29. The first-order valence-electron chi connectivity index (χ1n) is 11.0. The minimum Gasteiger partial charge on any atom is -0.484 e. The van der Waals surface area contributed by atoms with Crippen molar-refractivity contribution in [3.8, 4) is 5.75 Å². The van der Waals surface area contributed by atoms with Crippen molar-refractivity contribution >= 4 is 23.4 Å². The zero-order valence-electron chi connectivity index (χ0n) is 18.3. The van der Waals surface area contributed by atoms with Gasteiger partial charge in [0.2, 0.25) is 0 Å². The van der Waals surface area contributed by atoms with Crippen molar-refractivity contribution < 1.29 is 23.5 Å². The zero-order valence-corrected chi connectivity index (χ0v) is 19.0. The number of hydrogen-bond donors (Lipinski definition) is 0. The van der Waals surface area contributed by atoms with E-state index in [4.69, 9.17) is 21.1 Å². The normalized spacial score (nSPS) is 19.4. The number of ether oxygens (including phenoxy) is 2. The van der Waals surface area contributed by atoms with E-state index in [0.29, 0.717) is 63.2 Å². The monoisotopic (exact) mass is 475 g/mol. The Labute approximate surface area is 197 Å². The van der Waals surface area contributed by atoms with Gasteiger partial charge in [-0.3, -0.25) is 14.5 Å². The Balaban J connectivity index is 1.22. The van der Waals surface area contributed by atoms with Gasteiger partial charge in [0.05, 0.1) is 18.3 Å². The van der Waals surface area contributed by atoms with Gasteiger partial charge in [-0.25, -0.2) is 4.39 Å². The highest BCUT2D eigenvalue weighted by atomic mass is 35.5. The Morgan fingerprint density at radius 3 is 2.45 bits per heavy atom. The molecular formula is C24H27ClFN3O4. The van der Waals surface area contributed by atoms with Crippen molar-refractivity contribution in [1.29, 1.82) is 0 Å². The summed E-state index contributed by atoms with van der Waals surface area (Å²) in [4.78, 5) is 30.8. The summed E-state index contributed by atoms with van der Waals surface area (Å²) in [6, 6.07) is 13.0. The van der Waals surface area contributed by atoms with Gasteiger partial charge in [-0.15, -0.1) is 0 Å². The molecule has 0 saturated carbocycles. The zero-order chi connectivity index (χ0) is 23.2. The predicted octanol–water partition coefficient (Wildman–Crippen LogP) is 2.54. The Morgan fingerprint density at radius 1 is 1.00 bits per heavy atom. The van der Waals surface area contributed by atoms with Gasteiger partial charge in [-0.05, 0) is 36.4 Å². The summed E-state index contributed by atoms with van der Waals surface area (Å²) in [5.74, 6) is -0.261. The second kappa shape index (κ2) is 11.0. The van der Waals surface area contributed by atoms with Gasteiger partial charge in [0.15, 0.2) is 6.61 Å². The molecule has 4 rings (SSSR count). The highest BCUT2D eigenvalue weighted by molar-refractivity contribution is 6.30. The van der Waals surface area contributed by atoms with Crippen LogP contribution in [0.2, 0.25) is 5.02 Å².